The number of hydrogen-bond donors (Lipinski definition) is 4. The number of thioether (sulfide) groups is 1. The molecule has 1 aromatic carbocycles. The van der Waals surface area contributed by atoms with Gasteiger partial charge < -0.3 is 20.4 Å². The summed E-state index contributed by atoms with van der Waals surface area (Å²) in [5.41, 5.74) is 1.90. The van der Waals surface area contributed by atoms with Gasteiger partial charge in [-0.25, -0.2) is 4.98 Å². The Hall–Kier alpha value is -2.09. The van der Waals surface area contributed by atoms with Crippen LogP contribution in [0, 0.1) is 0 Å². The molecule has 1 aliphatic rings. The second kappa shape index (κ2) is 6.43. The highest BCUT2D eigenvalue weighted by Crippen LogP contribution is 2.32. The maximum Gasteiger partial charge on any atom is 0.275 e. The molecule has 6 nitrogen and oxygen atoms in total. The summed E-state index contributed by atoms with van der Waals surface area (Å²) in [5.74, 6) is 0.790. The molecule has 4 N–H and O–H groups in total. The Morgan fingerprint density at radius 1 is 1.25 bits per heavy atom. The zero-order valence-electron chi connectivity index (χ0n) is 12.9. The maximum absolute atomic E-state index is 11.8. The number of H-pyrrole nitrogens is 2. The number of aliphatic hydroxyl groups excluding tert-OH is 1. The molecule has 1 aliphatic heterocycles. The molecule has 4 rings (SSSR count). The summed E-state index contributed by atoms with van der Waals surface area (Å²) in [6.45, 7) is 0. The monoisotopic (exact) mass is 342 g/mol. The number of fused-ring (bicyclic) bond motifs is 1. The van der Waals surface area contributed by atoms with Crippen LogP contribution in [0.4, 0.5) is 0 Å². The minimum atomic E-state index is -0.418. The van der Waals surface area contributed by atoms with Crippen LogP contribution in [0.15, 0.2) is 52.5 Å². The lowest BCUT2D eigenvalue weighted by Crippen LogP contribution is -2.33. The van der Waals surface area contributed by atoms with Gasteiger partial charge in [0.15, 0.2) is 0 Å². The van der Waals surface area contributed by atoms with Crippen LogP contribution in [-0.4, -0.2) is 38.0 Å². The maximum atomic E-state index is 11.8. The smallest absolute Gasteiger partial charge is 0.275 e. The van der Waals surface area contributed by atoms with Gasteiger partial charge >= 0.3 is 0 Å². The van der Waals surface area contributed by atoms with E-state index in [-0.39, 0.29) is 17.6 Å². The molecule has 1 saturated heterocycles. The van der Waals surface area contributed by atoms with Crippen molar-refractivity contribution in [1.29, 1.82) is 0 Å². The average molecular weight is 342 g/mol. The minimum Gasteiger partial charge on any atom is -0.391 e. The first kappa shape index (κ1) is 15.4. The number of aromatic nitrogens is 3. The van der Waals surface area contributed by atoms with Crippen molar-refractivity contribution in [3.05, 3.63) is 58.8 Å². The van der Waals surface area contributed by atoms with Crippen molar-refractivity contribution in [2.24, 2.45) is 0 Å². The molecule has 0 aliphatic carbocycles. The van der Waals surface area contributed by atoms with Crippen LogP contribution < -0.4 is 10.9 Å². The Balaban J connectivity index is 1.50. The first-order chi connectivity index (χ1) is 11.7. The van der Waals surface area contributed by atoms with Gasteiger partial charge in [0.2, 0.25) is 0 Å². The van der Waals surface area contributed by atoms with Crippen molar-refractivity contribution in [2.45, 2.75) is 29.5 Å². The molecule has 3 heterocycles. The summed E-state index contributed by atoms with van der Waals surface area (Å²) in [6.07, 6.45) is 3.42. The number of benzene rings is 1. The molecule has 1 fully saturated rings. The predicted octanol–water partition coefficient (Wildman–Crippen LogP) is 1.81. The van der Waals surface area contributed by atoms with E-state index >= 15 is 0 Å². The highest BCUT2D eigenvalue weighted by molar-refractivity contribution is 7.99. The second-order valence-electron chi connectivity index (χ2n) is 5.95. The molecule has 0 amide bonds. The summed E-state index contributed by atoms with van der Waals surface area (Å²) in [4.78, 5) is 22.8. The summed E-state index contributed by atoms with van der Waals surface area (Å²) in [7, 11) is 0. The Bertz CT molecular complexity index is 892. The van der Waals surface area contributed by atoms with Crippen LogP contribution in [0.2, 0.25) is 0 Å². The topological polar surface area (TPSA) is 93.8 Å². The number of nitrogens with zero attached hydrogens (tertiary/aromatic N) is 1. The lowest BCUT2D eigenvalue weighted by Gasteiger charge is -2.15. The third-order valence-corrected chi connectivity index (χ3v) is 5.53. The zero-order chi connectivity index (χ0) is 16.5. The number of aliphatic hydroxyl groups is 1. The van der Waals surface area contributed by atoms with E-state index in [9.17, 15) is 9.90 Å². The largest absolute Gasteiger partial charge is 0.391 e. The molecule has 124 valence electrons. The fraction of sp³-hybridized carbons (Fsp3) is 0.294. The van der Waals surface area contributed by atoms with Crippen LogP contribution in [-0.2, 0) is 0 Å². The summed E-state index contributed by atoms with van der Waals surface area (Å²) >= 11 is 1.73. The van der Waals surface area contributed by atoms with E-state index in [1.165, 1.54) is 11.2 Å². The van der Waals surface area contributed by atoms with E-state index in [1.54, 1.807) is 11.8 Å². The van der Waals surface area contributed by atoms with E-state index in [0.29, 0.717) is 17.5 Å². The molecule has 3 aromatic rings. The fourth-order valence-electron chi connectivity index (χ4n) is 3.16. The van der Waals surface area contributed by atoms with Gasteiger partial charge in [-0.15, -0.1) is 11.8 Å². The van der Waals surface area contributed by atoms with Gasteiger partial charge in [0, 0.05) is 34.5 Å². The quantitative estimate of drug-likeness (QED) is 0.543. The average Bonchev–Trinajstić information content (AvgIpc) is 3.18. The molecule has 0 bridgehead atoms. The molecule has 24 heavy (non-hydrogen) atoms. The Kier molecular flexibility index (Phi) is 4.13. The molecule has 0 saturated carbocycles. The van der Waals surface area contributed by atoms with Crippen molar-refractivity contribution in [3.8, 4) is 0 Å². The third kappa shape index (κ3) is 2.86. The normalized spacial score (nSPS) is 23.8. The Morgan fingerprint density at radius 3 is 2.92 bits per heavy atom. The highest BCUT2D eigenvalue weighted by atomic mass is 32.2. The van der Waals surface area contributed by atoms with Crippen molar-refractivity contribution >= 4 is 22.8 Å². The number of nitrogens with one attached hydrogen (secondary N) is 3. The lowest BCUT2D eigenvalue weighted by molar-refractivity contribution is 0.166. The predicted molar refractivity (Wildman–Crippen MR) is 94.2 cm³/mol. The van der Waals surface area contributed by atoms with Crippen LogP contribution in [0.1, 0.15) is 18.0 Å². The van der Waals surface area contributed by atoms with Crippen molar-refractivity contribution in [2.75, 3.05) is 5.75 Å². The summed E-state index contributed by atoms with van der Waals surface area (Å²) in [6, 6.07) is 10.2. The zero-order valence-corrected chi connectivity index (χ0v) is 13.7. The van der Waals surface area contributed by atoms with E-state index in [0.717, 1.165) is 11.3 Å². The standard InChI is InChI=1S/C17H18N4O2S/c22-14-6-12(11-7-18-16-15(11)19-9-20-17(16)23)21-13(14)8-24-10-4-2-1-3-5-10/h1-5,7,9,12-14,18,21-22H,6,8H2,(H,19,20,23)/t12-,13-,14?/m1/s1. The van der Waals surface area contributed by atoms with Gasteiger partial charge in [-0.2, -0.15) is 0 Å². The van der Waals surface area contributed by atoms with E-state index in [1.807, 2.05) is 24.4 Å². The van der Waals surface area contributed by atoms with Gasteiger partial charge in [-0.1, -0.05) is 18.2 Å². The molecular formula is C17H18N4O2S. The van der Waals surface area contributed by atoms with Crippen LogP contribution in [0.5, 0.6) is 0 Å². The van der Waals surface area contributed by atoms with Gasteiger partial charge in [-0.05, 0) is 18.6 Å². The van der Waals surface area contributed by atoms with Gasteiger partial charge in [-0.3, -0.25) is 4.79 Å². The summed E-state index contributed by atoms with van der Waals surface area (Å²) in [5, 5.41) is 13.9. The van der Waals surface area contributed by atoms with Crippen molar-refractivity contribution in [3.63, 3.8) is 0 Å². The van der Waals surface area contributed by atoms with Crippen LogP contribution >= 0.6 is 11.8 Å². The molecule has 0 spiro atoms. The number of aromatic amines is 2. The number of rotatable bonds is 4. The van der Waals surface area contributed by atoms with Gasteiger partial charge in [0.1, 0.15) is 11.0 Å². The molecule has 0 radical (unpaired) electrons. The molecule has 3 atom stereocenters. The highest BCUT2D eigenvalue weighted by Gasteiger charge is 2.34. The molecular weight excluding hydrogens is 324 g/mol. The molecule has 1 unspecified atom stereocenters. The van der Waals surface area contributed by atoms with E-state index in [2.05, 4.69) is 32.4 Å². The van der Waals surface area contributed by atoms with E-state index in [4.69, 9.17) is 0 Å². The lowest BCUT2D eigenvalue weighted by atomic mass is 10.1. The molecule has 7 heteroatoms. The van der Waals surface area contributed by atoms with Crippen LogP contribution in [0.25, 0.3) is 11.0 Å². The fourth-order valence-corrected chi connectivity index (χ4v) is 4.20. The Morgan fingerprint density at radius 2 is 2.08 bits per heavy atom. The van der Waals surface area contributed by atoms with Crippen molar-refractivity contribution < 1.29 is 5.11 Å². The van der Waals surface area contributed by atoms with Crippen LogP contribution in [0.3, 0.4) is 0 Å². The SMILES string of the molecule is O=c1[nH]cnc2c([C@H]3CC(O)[C@@H](CSc4ccccc4)N3)c[nH]c12. The Labute approximate surface area is 142 Å². The minimum absolute atomic E-state index is 0.00662. The summed E-state index contributed by atoms with van der Waals surface area (Å²) < 4.78 is 0. The second-order valence-corrected chi connectivity index (χ2v) is 7.05. The first-order valence-corrected chi connectivity index (χ1v) is 8.87. The van der Waals surface area contributed by atoms with Crippen molar-refractivity contribution in [1.82, 2.24) is 20.3 Å². The van der Waals surface area contributed by atoms with Gasteiger partial charge in [0.05, 0.1) is 12.4 Å². The molecule has 2 aromatic heterocycles. The third-order valence-electron chi connectivity index (χ3n) is 4.40. The van der Waals surface area contributed by atoms with Gasteiger partial charge in [0.25, 0.3) is 5.56 Å². The number of hydrogen-bond acceptors (Lipinski definition) is 5. The van der Waals surface area contributed by atoms with E-state index < -0.39 is 6.10 Å². The first-order valence-electron chi connectivity index (χ1n) is 7.89.